The molecule has 1 fully saturated rings. The quantitative estimate of drug-likeness (QED) is 0.667. The van der Waals surface area contributed by atoms with E-state index in [-0.39, 0.29) is 11.7 Å². The maximum Gasteiger partial charge on any atom is 0.344 e. The van der Waals surface area contributed by atoms with Crippen molar-refractivity contribution in [1.29, 1.82) is 0 Å². The number of methoxy groups -OCH3 is 1. The molecule has 3 rings (SSSR count). The van der Waals surface area contributed by atoms with Crippen LogP contribution < -0.4 is 14.8 Å². The molecule has 2 N–H and O–H groups in total. The number of nitrogens with zero attached hydrogens (tertiary/aromatic N) is 1. The van der Waals surface area contributed by atoms with E-state index >= 15 is 0 Å². The third-order valence-corrected chi connectivity index (χ3v) is 5.03. The van der Waals surface area contributed by atoms with Crippen LogP contribution in [0.1, 0.15) is 12.5 Å². The number of carbonyl (C=O) groups excluding carboxylic acids is 1. The number of hydrogen-bond donors (Lipinski definition) is 2. The van der Waals surface area contributed by atoms with E-state index in [0.29, 0.717) is 32.1 Å². The van der Waals surface area contributed by atoms with Gasteiger partial charge in [0.15, 0.2) is 22.8 Å². The van der Waals surface area contributed by atoms with Crippen LogP contribution in [-0.2, 0) is 9.59 Å². The topological polar surface area (TPSA) is 97.2 Å². The summed E-state index contributed by atoms with van der Waals surface area (Å²) in [7, 11) is 1.46. The van der Waals surface area contributed by atoms with Crippen LogP contribution in [0.25, 0.3) is 6.08 Å². The molecule has 0 saturated carbocycles. The predicted octanol–water partition coefficient (Wildman–Crippen LogP) is 4.09. The molecule has 1 aliphatic heterocycles. The van der Waals surface area contributed by atoms with Gasteiger partial charge in [0.05, 0.1) is 17.7 Å². The second-order valence-corrected chi connectivity index (χ2v) is 7.40. The summed E-state index contributed by atoms with van der Waals surface area (Å²) in [5, 5.41) is 12.9. The van der Waals surface area contributed by atoms with Crippen LogP contribution in [0.3, 0.4) is 0 Å². The first-order valence-electron chi connectivity index (χ1n) is 8.49. The van der Waals surface area contributed by atoms with Gasteiger partial charge in [0.1, 0.15) is 0 Å². The molecule has 0 spiro atoms. The minimum atomic E-state index is -1.11. The lowest BCUT2D eigenvalue weighted by molar-refractivity contribution is -0.144. The largest absolute Gasteiger partial charge is 0.493 e. The summed E-state index contributed by atoms with van der Waals surface area (Å²) in [5.74, 6) is -0.817. The molecule has 2 aromatic rings. The number of thioether (sulfide) groups is 1. The Morgan fingerprint density at radius 3 is 2.66 bits per heavy atom. The minimum Gasteiger partial charge on any atom is -0.493 e. The van der Waals surface area contributed by atoms with Gasteiger partial charge < -0.3 is 19.9 Å². The summed E-state index contributed by atoms with van der Waals surface area (Å²) in [6, 6.07) is 12.0. The first-order valence-corrected chi connectivity index (χ1v) is 9.68. The van der Waals surface area contributed by atoms with Crippen molar-refractivity contribution in [3.8, 4) is 11.5 Å². The van der Waals surface area contributed by atoms with E-state index in [1.165, 1.54) is 14.0 Å². The van der Waals surface area contributed by atoms with Gasteiger partial charge in [-0.1, -0.05) is 23.7 Å². The zero-order valence-corrected chi connectivity index (χ0v) is 17.1. The lowest BCUT2D eigenvalue weighted by atomic mass is 10.1. The van der Waals surface area contributed by atoms with Gasteiger partial charge in [-0.25, -0.2) is 9.79 Å². The highest BCUT2D eigenvalue weighted by Gasteiger charge is 2.25. The molecule has 1 saturated heterocycles. The van der Waals surface area contributed by atoms with E-state index in [1.54, 1.807) is 48.5 Å². The molecular formula is C20H17ClN2O5S. The highest BCUT2D eigenvalue weighted by molar-refractivity contribution is 8.18. The molecule has 29 heavy (non-hydrogen) atoms. The summed E-state index contributed by atoms with van der Waals surface area (Å²) in [5.41, 5.74) is 1.17. The molecule has 1 amide bonds. The van der Waals surface area contributed by atoms with E-state index < -0.39 is 12.1 Å². The number of para-hydroxylation sites is 1. The van der Waals surface area contributed by atoms with Gasteiger partial charge in [-0.15, -0.1) is 0 Å². The number of ether oxygens (including phenoxy) is 2. The smallest absolute Gasteiger partial charge is 0.344 e. The fourth-order valence-electron chi connectivity index (χ4n) is 2.42. The number of amides is 1. The molecule has 0 radical (unpaired) electrons. The number of carboxylic acid groups (broad SMARTS) is 1. The molecule has 0 bridgehead atoms. The molecule has 9 heteroatoms. The maximum atomic E-state index is 12.4. The Morgan fingerprint density at radius 2 is 2.00 bits per heavy atom. The molecule has 0 aliphatic carbocycles. The van der Waals surface area contributed by atoms with E-state index in [4.69, 9.17) is 26.2 Å². The SMILES string of the molecule is COc1cccc(/C=C2\SC(=Nc3ccc(Cl)cc3)NC2=O)c1O[C@@H](C)C(=O)O. The maximum absolute atomic E-state index is 12.4. The number of carbonyl (C=O) groups is 2. The third kappa shape index (κ3) is 5.10. The van der Waals surface area contributed by atoms with E-state index in [2.05, 4.69) is 10.3 Å². The molecule has 150 valence electrons. The molecular weight excluding hydrogens is 416 g/mol. The van der Waals surface area contributed by atoms with Crippen molar-refractivity contribution in [2.75, 3.05) is 7.11 Å². The zero-order chi connectivity index (χ0) is 21.0. The van der Waals surface area contributed by atoms with Gasteiger partial charge >= 0.3 is 5.97 Å². The van der Waals surface area contributed by atoms with Crippen LogP contribution in [0.4, 0.5) is 5.69 Å². The highest BCUT2D eigenvalue weighted by Crippen LogP contribution is 2.36. The molecule has 2 aromatic carbocycles. The van der Waals surface area contributed by atoms with Crippen molar-refractivity contribution in [3.63, 3.8) is 0 Å². The van der Waals surface area contributed by atoms with Crippen LogP contribution in [0, 0.1) is 0 Å². The Hall–Kier alpha value is -2.97. The van der Waals surface area contributed by atoms with Crippen molar-refractivity contribution in [2.24, 2.45) is 4.99 Å². The predicted molar refractivity (Wildman–Crippen MR) is 113 cm³/mol. The second kappa shape index (κ2) is 9.02. The van der Waals surface area contributed by atoms with Crippen molar-refractivity contribution in [3.05, 3.63) is 58.0 Å². The Kier molecular flexibility index (Phi) is 6.46. The number of nitrogens with one attached hydrogen (secondary N) is 1. The lowest BCUT2D eigenvalue weighted by Gasteiger charge is -2.16. The number of aliphatic carboxylic acids is 1. The van der Waals surface area contributed by atoms with Gasteiger partial charge in [-0.2, -0.15) is 0 Å². The number of halogens is 1. The molecule has 0 aromatic heterocycles. The first-order chi connectivity index (χ1) is 13.9. The molecule has 7 nitrogen and oxygen atoms in total. The molecule has 1 aliphatic rings. The Bertz CT molecular complexity index is 1000. The zero-order valence-electron chi connectivity index (χ0n) is 15.5. The second-order valence-electron chi connectivity index (χ2n) is 5.94. The van der Waals surface area contributed by atoms with Crippen LogP contribution in [0.2, 0.25) is 5.02 Å². The van der Waals surface area contributed by atoms with Gasteiger partial charge in [0.25, 0.3) is 5.91 Å². The van der Waals surface area contributed by atoms with Crippen molar-refractivity contribution in [1.82, 2.24) is 5.32 Å². The fourth-order valence-corrected chi connectivity index (χ4v) is 3.37. The first kappa shape index (κ1) is 20.8. The number of rotatable bonds is 6. The van der Waals surface area contributed by atoms with E-state index in [1.807, 2.05) is 0 Å². The monoisotopic (exact) mass is 432 g/mol. The van der Waals surface area contributed by atoms with Crippen LogP contribution in [0.15, 0.2) is 52.4 Å². The van der Waals surface area contributed by atoms with Crippen molar-refractivity contribution in [2.45, 2.75) is 13.0 Å². The molecule has 0 unspecified atom stereocenters. The number of hydrogen-bond acceptors (Lipinski definition) is 6. The summed E-state index contributed by atoms with van der Waals surface area (Å²) in [6.45, 7) is 1.42. The Balaban J connectivity index is 1.90. The minimum absolute atomic E-state index is 0.244. The summed E-state index contributed by atoms with van der Waals surface area (Å²) >= 11 is 7.03. The highest BCUT2D eigenvalue weighted by atomic mass is 35.5. The third-order valence-electron chi connectivity index (χ3n) is 3.87. The summed E-state index contributed by atoms with van der Waals surface area (Å²) < 4.78 is 10.8. The van der Waals surface area contributed by atoms with Crippen LogP contribution >= 0.6 is 23.4 Å². The number of carboxylic acids is 1. The van der Waals surface area contributed by atoms with Crippen LogP contribution in [-0.4, -0.2) is 35.4 Å². The Morgan fingerprint density at radius 1 is 1.28 bits per heavy atom. The molecule has 1 atom stereocenters. The van der Waals surface area contributed by atoms with E-state index in [9.17, 15) is 9.59 Å². The van der Waals surface area contributed by atoms with Gasteiger partial charge in [0, 0.05) is 10.6 Å². The van der Waals surface area contributed by atoms with Gasteiger partial charge in [0.2, 0.25) is 0 Å². The Labute approximate surface area is 176 Å². The average Bonchev–Trinajstić information content (AvgIpc) is 3.03. The normalized spacial score (nSPS) is 17.3. The van der Waals surface area contributed by atoms with Crippen molar-refractivity contribution >= 4 is 52.2 Å². The lowest BCUT2D eigenvalue weighted by Crippen LogP contribution is -2.23. The number of aliphatic imine (C=N–C) groups is 1. The van der Waals surface area contributed by atoms with Crippen LogP contribution in [0.5, 0.6) is 11.5 Å². The van der Waals surface area contributed by atoms with Gasteiger partial charge in [-0.3, -0.25) is 4.79 Å². The summed E-state index contributed by atoms with van der Waals surface area (Å²) in [6.07, 6.45) is 0.520. The number of benzene rings is 2. The fraction of sp³-hybridized carbons (Fsp3) is 0.150. The average molecular weight is 433 g/mol. The van der Waals surface area contributed by atoms with E-state index in [0.717, 1.165) is 11.8 Å². The molecule has 1 heterocycles. The van der Waals surface area contributed by atoms with Crippen molar-refractivity contribution < 1.29 is 24.2 Å². The number of amidine groups is 1. The van der Waals surface area contributed by atoms with Gasteiger partial charge in [-0.05, 0) is 55.1 Å². The summed E-state index contributed by atoms with van der Waals surface area (Å²) in [4.78, 5) is 28.3. The standard InChI is InChI=1S/C20H17ClN2O5S/c1-11(19(25)26)28-17-12(4-3-5-15(17)27-2)10-16-18(24)23-20(29-16)22-14-8-6-13(21)7-9-14/h3-11H,1-2H3,(H,25,26)(H,22,23,24)/b16-10-/t11-/m0/s1.